The molecule has 0 spiro atoms. The Kier molecular flexibility index (Phi) is 6.62. The number of nitrogens with two attached hydrogens (primary N) is 1. The minimum absolute atomic E-state index is 0. The van der Waals surface area contributed by atoms with E-state index in [-0.39, 0.29) is 29.4 Å². The van der Waals surface area contributed by atoms with Crippen LogP contribution in [0.15, 0.2) is 34.9 Å². The van der Waals surface area contributed by atoms with E-state index in [2.05, 4.69) is 5.16 Å². The van der Waals surface area contributed by atoms with Crippen molar-refractivity contribution >= 4 is 29.9 Å². The summed E-state index contributed by atoms with van der Waals surface area (Å²) in [7, 11) is 1.73. The number of rotatable bonds is 5. The molecule has 0 saturated carbocycles. The summed E-state index contributed by atoms with van der Waals surface area (Å²) >= 11 is 5.95. The number of halogens is 2. The van der Waals surface area contributed by atoms with Crippen molar-refractivity contribution in [2.75, 3.05) is 20.1 Å². The highest BCUT2D eigenvalue weighted by atomic mass is 35.5. The Morgan fingerprint density at radius 2 is 2.09 bits per heavy atom. The number of amides is 1. The molecular weight excluding hydrogens is 337 g/mol. The summed E-state index contributed by atoms with van der Waals surface area (Å²) in [4.78, 5) is 14.0. The number of nitrogens with zero attached hydrogens (tertiary/aromatic N) is 2. The molecule has 0 aliphatic carbocycles. The van der Waals surface area contributed by atoms with E-state index in [1.807, 2.05) is 26.0 Å². The lowest BCUT2D eigenvalue weighted by atomic mass is 9.93. The monoisotopic (exact) mass is 357 g/mol. The molecule has 0 bridgehead atoms. The molecule has 2 rings (SSSR count). The molecule has 1 amide bonds. The van der Waals surface area contributed by atoms with Crippen molar-refractivity contribution in [3.8, 4) is 11.3 Å². The number of carbonyl (C=O) groups is 1. The second-order valence-electron chi connectivity index (χ2n) is 6.12. The van der Waals surface area contributed by atoms with Crippen LogP contribution in [0.3, 0.4) is 0 Å². The third-order valence-corrected chi connectivity index (χ3v) is 3.64. The van der Waals surface area contributed by atoms with E-state index in [1.165, 1.54) is 0 Å². The molecule has 1 aromatic heterocycles. The second-order valence-corrected chi connectivity index (χ2v) is 6.55. The van der Waals surface area contributed by atoms with Crippen molar-refractivity contribution in [3.63, 3.8) is 0 Å². The highest BCUT2D eigenvalue weighted by Crippen LogP contribution is 2.24. The standard InChI is InChI=1S/C16H20ClN3O2.ClH/c1-16(2,9-18)10-20(3)15(21)13-8-14(22-19-13)11-5-4-6-12(17)7-11;/h4-8H,9-10,18H2,1-3H3;1H. The molecule has 0 unspecified atom stereocenters. The number of hydrogen-bond donors (Lipinski definition) is 1. The minimum atomic E-state index is -0.196. The lowest BCUT2D eigenvalue weighted by Crippen LogP contribution is -2.39. The molecule has 0 fully saturated rings. The van der Waals surface area contributed by atoms with Crippen LogP contribution < -0.4 is 5.73 Å². The molecule has 126 valence electrons. The van der Waals surface area contributed by atoms with Crippen LogP contribution in [-0.2, 0) is 0 Å². The summed E-state index contributed by atoms with van der Waals surface area (Å²) in [6, 6.07) is 8.83. The average molecular weight is 358 g/mol. The number of benzene rings is 1. The molecule has 0 radical (unpaired) electrons. The zero-order chi connectivity index (χ0) is 16.3. The summed E-state index contributed by atoms with van der Waals surface area (Å²) in [5, 5.41) is 4.46. The third kappa shape index (κ3) is 4.96. The van der Waals surface area contributed by atoms with E-state index in [4.69, 9.17) is 21.9 Å². The zero-order valence-corrected chi connectivity index (χ0v) is 14.9. The van der Waals surface area contributed by atoms with Crippen molar-refractivity contribution in [3.05, 3.63) is 41.0 Å². The number of hydrogen-bond acceptors (Lipinski definition) is 4. The van der Waals surface area contributed by atoms with Crippen LogP contribution in [0.25, 0.3) is 11.3 Å². The van der Waals surface area contributed by atoms with Gasteiger partial charge in [0, 0.05) is 30.2 Å². The van der Waals surface area contributed by atoms with Crippen LogP contribution in [0.2, 0.25) is 5.02 Å². The van der Waals surface area contributed by atoms with Gasteiger partial charge in [-0.2, -0.15) is 0 Å². The highest BCUT2D eigenvalue weighted by molar-refractivity contribution is 6.30. The van der Waals surface area contributed by atoms with E-state index >= 15 is 0 Å². The van der Waals surface area contributed by atoms with E-state index in [9.17, 15) is 4.79 Å². The molecule has 0 atom stereocenters. The van der Waals surface area contributed by atoms with E-state index in [0.29, 0.717) is 23.9 Å². The predicted octanol–water partition coefficient (Wildman–Crippen LogP) is 3.47. The summed E-state index contributed by atoms with van der Waals surface area (Å²) in [6.07, 6.45) is 0. The fraction of sp³-hybridized carbons (Fsp3) is 0.375. The fourth-order valence-corrected chi connectivity index (χ4v) is 2.32. The Hall–Kier alpha value is -1.56. The summed E-state index contributed by atoms with van der Waals surface area (Å²) < 4.78 is 5.25. The SMILES string of the molecule is CN(CC(C)(C)CN)C(=O)c1cc(-c2cccc(Cl)c2)on1.Cl. The van der Waals surface area contributed by atoms with E-state index in [1.54, 1.807) is 30.1 Å². The topological polar surface area (TPSA) is 72.4 Å². The van der Waals surface area contributed by atoms with Gasteiger partial charge in [0.05, 0.1) is 0 Å². The van der Waals surface area contributed by atoms with Crippen molar-refractivity contribution in [1.29, 1.82) is 0 Å². The summed E-state index contributed by atoms with van der Waals surface area (Å²) in [5.74, 6) is 0.316. The molecule has 2 aromatic rings. The first kappa shape index (κ1) is 19.5. The average Bonchev–Trinajstić information content (AvgIpc) is 2.95. The van der Waals surface area contributed by atoms with Crippen molar-refractivity contribution in [1.82, 2.24) is 10.1 Å². The van der Waals surface area contributed by atoms with Crippen LogP contribution in [0.4, 0.5) is 0 Å². The van der Waals surface area contributed by atoms with Crippen LogP contribution in [0.5, 0.6) is 0 Å². The van der Waals surface area contributed by atoms with Gasteiger partial charge < -0.3 is 15.2 Å². The summed E-state index contributed by atoms with van der Waals surface area (Å²) in [5.41, 5.74) is 6.60. The largest absolute Gasteiger partial charge is 0.355 e. The van der Waals surface area contributed by atoms with Gasteiger partial charge in [0.2, 0.25) is 0 Å². The maximum absolute atomic E-state index is 12.4. The lowest BCUT2D eigenvalue weighted by Gasteiger charge is -2.28. The molecule has 1 aromatic carbocycles. The maximum Gasteiger partial charge on any atom is 0.275 e. The van der Waals surface area contributed by atoms with E-state index in [0.717, 1.165) is 5.56 Å². The molecule has 0 saturated heterocycles. The zero-order valence-electron chi connectivity index (χ0n) is 13.4. The Bertz CT molecular complexity index is 671. The molecule has 0 aliphatic heterocycles. The van der Waals surface area contributed by atoms with Crippen LogP contribution in [0, 0.1) is 5.41 Å². The molecule has 1 heterocycles. The second kappa shape index (κ2) is 7.81. The van der Waals surface area contributed by atoms with Crippen LogP contribution in [-0.4, -0.2) is 36.1 Å². The Balaban J connectivity index is 0.00000264. The predicted molar refractivity (Wildman–Crippen MR) is 94.0 cm³/mol. The first-order valence-corrected chi connectivity index (χ1v) is 7.38. The molecule has 2 N–H and O–H groups in total. The Morgan fingerprint density at radius 3 is 2.70 bits per heavy atom. The van der Waals surface area contributed by atoms with Gasteiger partial charge >= 0.3 is 0 Å². The van der Waals surface area contributed by atoms with Crippen molar-refractivity contribution in [2.45, 2.75) is 13.8 Å². The van der Waals surface area contributed by atoms with Gasteiger partial charge in [-0.3, -0.25) is 4.79 Å². The smallest absolute Gasteiger partial charge is 0.275 e. The van der Waals surface area contributed by atoms with Gasteiger partial charge in [0.1, 0.15) is 0 Å². The maximum atomic E-state index is 12.4. The van der Waals surface area contributed by atoms with Crippen LogP contribution in [0.1, 0.15) is 24.3 Å². The third-order valence-electron chi connectivity index (χ3n) is 3.40. The van der Waals surface area contributed by atoms with E-state index < -0.39 is 0 Å². The highest BCUT2D eigenvalue weighted by Gasteiger charge is 2.24. The van der Waals surface area contributed by atoms with Crippen molar-refractivity contribution < 1.29 is 9.32 Å². The van der Waals surface area contributed by atoms with Crippen molar-refractivity contribution in [2.24, 2.45) is 11.1 Å². The first-order chi connectivity index (χ1) is 10.3. The van der Waals surface area contributed by atoms with Gasteiger partial charge in [0.25, 0.3) is 5.91 Å². The molecule has 0 aliphatic rings. The van der Waals surface area contributed by atoms with Gasteiger partial charge in [-0.25, -0.2) is 0 Å². The quantitative estimate of drug-likeness (QED) is 0.888. The molecule has 23 heavy (non-hydrogen) atoms. The fourth-order valence-electron chi connectivity index (χ4n) is 2.13. The lowest BCUT2D eigenvalue weighted by molar-refractivity contribution is 0.0730. The number of aromatic nitrogens is 1. The molecule has 5 nitrogen and oxygen atoms in total. The molecule has 7 heteroatoms. The van der Waals surface area contributed by atoms with Gasteiger partial charge in [-0.1, -0.05) is 42.7 Å². The normalized spacial score (nSPS) is 11.0. The summed E-state index contributed by atoms with van der Waals surface area (Å²) in [6.45, 7) is 5.06. The minimum Gasteiger partial charge on any atom is -0.355 e. The van der Waals surface area contributed by atoms with Gasteiger partial charge in [-0.15, -0.1) is 12.4 Å². The van der Waals surface area contributed by atoms with Crippen LogP contribution >= 0.6 is 24.0 Å². The van der Waals surface area contributed by atoms with Gasteiger partial charge in [-0.05, 0) is 24.1 Å². The van der Waals surface area contributed by atoms with Gasteiger partial charge in [0.15, 0.2) is 11.5 Å². The number of carbonyl (C=O) groups excluding carboxylic acids is 1. The first-order valence-electron chi connectivity index (χ1n) is 7.00. The Labute approximate surface area is 147 Å². The Morgan fingerprint density at radius 1 is 1.39 bits per heavy atom. The molecular formula is C16H21Cl2N3O2.